The van der Waals surface area contributed by atoms with E-state index in [-0.39, 0.29) is 23.9 Å². The van der Waals surface area contributed by atoms with E-state index in [2.05, 4.69) is 48.1 Å². The molecule has 2 unspecified atom stereocenters. The zero-order chi connectivity index (χ0) is 19.0. The molecule has 146 valence electrons. The van der Waals surface area contributed by atoms with Crippen molar-refractivity contribution < 1.29 is 9.59 Å². The molecule has 0 spiro atoms. The van der Waals surface area contributed by atoms with E-state index in [0.717, 1.165) is 32.6 Å². The molecule has 1 aliphatic rings. The molecule has 6 nitrogen and oxygen atoms in total. The topological polar surface area (TPSA) is 64.7 Å². The minimum atomic E-state index is 0.0955. The monoisotopic (exact) mass is 354 g/mol. The second-order valence-corrected chi connectivity index (χ2v) is 8.11. The van der Waals surface area contributed by atoms with E-state index in [9.17, 15) is 9.59 Å². The fourth-order valence-corrected chi connectivity index (χ4v) is 2.68. The Kier molecular flexibility index (Phi) is 9.43. The number of rotatable bonds is 8. The summed E-state index contributed by atoms with van der Waals surface area (Å²) >= 11 is 0. The molecule has 1 fully saturated rings. The summed E-state index contributed by atoms with van der Waals surface area (Å²) in [4.78, 5) is 28.7. The lowest BCUT2D eigenvalue weighted by Crippen LogP contribution is -2.45. The quantitative estimate of drug-likeness (QED) is 0.690. The Hall–Kier alpha value is -1.14. The Bertz CT molecular complexity index is 388. The Morgan fingerprint density at radius 1 is 0.720 bits per heavy atom. The van der Waals surface area contributed by atoms with Crippen molar-refractivity contribution in [3.63, 3.8) is 0 Å². The zero-order valence-corrected chi connectivity index (χ0v) is 17.0. The molecule has 1 heterocycles. The van der Waals surface area contributed by atoms with Crippen LogP contribution in [0.5, 0.6) is 0 Å². The van der Waals surface area contributed by atoms with E-state index in [1.165, 1.54) is 0 Å². The SMILES string of the molecule is CC(C)C(C)NC(=O)CN1CCCN(CC(=O)NC(C)C(C)C)CC1. The average molecular weight is 355 g/mol. The van der Waals surface area contributed by atoms with Crippen molar-refractivity contribution in [1.29, 1.82) is 0 Å². The fourth-order valence-electron chi connectivity index (χ4n) is 2.68. The maximum atomic E-state index is 12.2. The molecule has 1 rings (SSSR count). The average Bonchev–Trinajstić information content (AvgIpc) is 2.72. The Balaban J connectivity index is 2.36. The summed E-state index contributed by atoms with van der Waals surface area (Å²) in [6.07, 6.45) is 0.986. The molecule has 0 radical (unpaired) electrons. The first-order valence-corrected chi connectivity index (χ1v) is 9.72. The third kappa shape index (κ3) is 8.68. The maximum Gasteiger partial charge on any atom is 0.234 e. The first kappa shape index (κ1) is 21.9. The summed E-state index contributed by atoms with van der Waals surface area (Å²) in [6, 6.07) is 0.394. The molecule has 0 aromatic rings. The molecule has 2 atom stereocenters. The molecular weight excluding hydrogens is 316 g/mol. The Morgan fingerprint density at radius 2 is 1.08 bits per heavy atom. The van der Waals surface area contributed by atoms with Crippen LogP contribution in [0.3, 0.4) is 0 Å². The lowest BCUT2D eigenvalue weighted by atomic mass is 10.1. The van der Waals surface area contributed by atoms with E-state index in [0.29, 0.717) is 24.9 Å². The zero-order valence-electron chi connectivity index (χ0n) is 17.0. The summed E-state index contributed by atoms with van der Waals surface area (Å²) in [5.74, 6) is 1.07. The van der Waals surface area contributed by atoms with Gasteiger partial charge in [0, 0.05) is 25.2 Å². The molecule has 0 aromatic carbocycles. The molecule has 2 amide bonds. The highest BCUT2D eigenvalue weighted by atomic mass is 16.2. The van der Waals surface area contributed by atoms with Crippen molar-refractivity contribution in [3.05, 3.63) is 0 Å². The van der Waals surface area contributed by atoms with Gasteiger partial charge < -0.3 is 10.6 Å². The number of carbonyl (C=O) groups is 2. The molecule has 0 aromatic heterocycles. The molecule has 0 saturated carbocycles. The minimum absolute atomic E-state index is 0.0955. The largest absolute Gasteiger partial charge is 0.352 e. The van der Waals surface area contributed by atoms with Crippen molar-refractivity contribution in [2.24, 2.45) is 11.8 Å². The molecule has 0 aliphatic carbocycles. The van der Waals surface area contributed by atoms with Crippen LogP contribution < -0.4 is 10.6 Å². The van der Waals surface area contributed by atoms with E-state index in [1.54, 1.807) is 0 Å². The summed E-state index contributed by atoms with van der Waals surface area (Å²) in [7, 11) is 0. The Morgan fingerprint density at radius 3 is 1.40 bits per heavy atom. The highest BCUT2D eigenvalue weighted by Gasteiger charge is 2.20. The lowest BCUT2D eigenvalue weighted by molar-refractivity contribution is -0.124. The summed E-state index contributed by atoms with van der Waals surface area (Å²) in [5, 5.41) is 6.13. The maximum absolute atomic E-state index is 12.2. The van der Waals surface area contributed by atoms with E-state index in [1.807, 2.05) is 13.8 Å². The van der Waals surface area contributed by atoms with Gasteiger partial charge in [-0.25, -0.2) is 0 Å². The van der Waals surface area contributed by atoms with Gasteiger partial charge in [0.1, 0.15) is 0 Å². The van der Waals surface area contributed by atoms with E-state index >= 15 is 0 Å². The molecule has 1 saturated heterocycles. The highest BCUT2D eigenvalue weighted by molar-refractivity contribution is 5.78. The van der Waals surface area contributed by atoms with Gasteiger partial charge in [-0.15, -0.1) is 0 Å². The van der Waals surface area contributed by atoms with Crippen molar-refractivity contribution in [1.82, 2.24) is 20.4 Å². The molecule has 2 N–H and O–H groups in total. The summed E-state index contributed by atoms with van der Waals surface area (Å²) in [6.45, 7) is 16.9. The van der Waals surface area contributed by atoms with Crippen LogP contribution in [0.1, 0.15) is 48.0 Å². The van der Waals surface area contributed by atoms with Crippen molar-refractivity contribution in [2.45, 2.75) is 60.0 Å². The van der Waals surface area contributed by atoms with Crippen LogP contribution in [-0.2, 0) is 9.59 Å². The van der Waals surface area contributed by atoms with Crippen molar-refractivity contribution in [3.8, 4) is 0 Å². The van der Waals surface area contributed by atoms with Gasteiger partial charge in [0.05, 0.1) is 13.1 Å². The van der Waals surface area contributed by atoms with Gasteiger partial charge in [0.25, 0.3) is 0 Å². The highest BCUT2D eigenvalue weighted by Crippen LogP contribution is 2.05. The molecular formula is C19H38N4O2. The van der Waals surface area contributed by atoms with Crippen LogP contribution in [-0.4, -0.2) is 73.0 Å². The number of nitrogens with zero attached hydrogens (tertiary/aromatic N) is 2. The fraction of sp³-hybridized carbons (Fsp3) is 0.895. The number of carbonyl (C=O) groups excluding carboxylic acids is 2. The first-order valence-electron chi connectivity index (χ1n) is 9.72. The van der Waals surface area contributed by atoms with Crippen LogP contribution in [0.2, 0.25) is 0 Å². The second kappa shape index (κ2) is 10.8. The first-order chi connectivity index (χ1) is 11.7. The lowest BCUT2D eigenvalue weighted by Gasteiger charge is -2.24. The third-order valence-electron chi connectivity index (χ3n) is 5.19. The van der Waals surface area contributed by atoms with Gasteiger partial charge in [-0.3, -0.25) is 19.4 Å². The summed E-state index contributed by atoms with van der Waals surface area (Å²) < 4.78 is 0. The number of amides is 2. The number of hydrogen-bond acceptors (Lipinski definition) is 4. The van der Waals surface area contributed by atoms with Gasteiger partial charge >= 0.3 is 0 Å². The molecule has 0 bridgehead atoms. The van der Waals surface area contributed by atoms with E-state index < -0.39 is 0 Å². The van der Waals surface area contributed by atoms with Crippen LogP contribution in [0.25, 0.3) is 0 Å². The standard InChI is InChI=1S/C19H38N4O2/c1-14(2)16(5)20-18(24)12-22-8-7-9-23(11-10-22)13-19(25)21-17(6)15(3)4/h14-17H,7-13H2,1-6H3,(H,20,24)(H,21,25). The second-order valence-electron chi connectivity index (χ2n) is 8.11. The van der Waals surface area contributed by atoms with Gasteiger partial charge in [0.15, 0.2) is 0 Å². The van der Waals surface area contributed by atoms with Gasteiger partial charge in [-0.2, -0.15) is 0 Å². The number of hydrogen-bond donors (Lipinski definition) is 2. The van der Waals surface area contributed by atoms with Crippen molar-refractivity contribution in [2.75, 3.05) is 39.3 Å². The summed E-state index contributed by atoms with van der Waals surface area (Å²) in [5.41, 5.74) is 0. The third-order valence-corrected chi connectivity index (χ3v) is 5.19. The van der Waals surface area contributed by atoms with Crippen LogP contribution >= 0.6 is 0 Å². The smallest absolute Gasteiger partial charge is 0.234 e. The molecule has 25 heavy (non-hydrogen) atoms. The van der Waals surface area contributed by atoms with Gasteiger partial charge in [-0.1, -0.05) is 27.7 Å². The van der Waals surface area contributed by atoms with Crippen LogP contribution in [0.15, 0.2) is 0 Å². The number of nitrogens with one attached hydrogen (secondary N) is 2. The van der Waals surface area contributed by atoms with Gasteiger partial charge in [-0.05, 0) is 45.2 Å². The molecule has 6 heteroatoms. The van der Waals surface area contributed by atoms with Gasteiger partial charge in [0.2, 0.25) is 11.8 Å². The van der Waals surface area contributed by atoms with Crippen molar-refractivity contribution >= 4 is 11.8 Å². The predicted molar refractivity (Wildman–Crippen MR) is 102 cm³/mol. The van der Waals surface area contributed by atoms with Crippen LogP contribution in [0.4, 0.5) is 0 Å². The van der Waals surface area contributed by atoms with E-state index in [4.69, 9.17) is 0 Å². The Labute approximate surface area is 153 Å². The predicted octanol–water partition coefficient (Wildman–Crippen LogP) is 1.32. The molecule has 1 aliphatic heterocycles. The minimum Gasteiger partial charge on any atom is -0.352 e. The van der Waals surface area contributed by atoms with Crippen LogP contribution in [0, 0.1) is 11.8 Å². The normalized spacial score (nSPS) is 19.5.